The van der Waals surface area contributed by atoms with Crippen LogP contribution in [-0.4, -0.2) is 26.0 Å². The molecule has 0 heterocycles. The molecule has 0 fully saturated rings. The molecular weight excluding hydrogens is 435 g/mol. The number of nitrogens with one attached hydrogen (secondary N) is 2. The molecule has 0 aliphatic carbocycles. The molecular formula is C18H17IN2O4. The number of methoxy groups -OCH3 is 2. The molecule has 0 atom stereocenters. The molecule has 0 saturated carbocycles. The van der Waals surface area contributed by atoms with E-state index >= 15 is 0 Å². The highest BCUT2D eigenvalue weighted by Crippen LogP contribution is 2.27. The van der Waals surface area contributed by atoms with Gasteiger partial charge in [0.1, 0.15) is 0 Å². The maximum Gasteiger partial charge on any atom is 0.270 e. The molecule has 130 valence electrons. The molecule has 25 heavy (non-hydrogen) atoms. The van der Waals surface area contributed by atoms with Crippen LogP contribution in [0.3, 0.4) is 0 Å². The van der Waals surface area contributed by atoms with E-state index in [1.54, 1.807) is 50.6 Å². The Kier molecular flexibility index (Phi) is 6.81. The molecule has 2 amide bonds. The Bertz CT molecular complexity index is 805. The minimum Gasteiger partial charge on any atom is -0.493 e. The largest absolute Gasteiger partial charge is 0.493 e. The number of carbonyl (C=O) groups excluding carboxylic acids is 2. The summed E-state index contributed by atoms with van der Waals surface area (Å²) in [6.07, 6.45) is 2.92. The van der Waals surface area contributed by atoms with Crippen LogP contribution in [0.4, 0.5) is 0 Å². The highest BCUT2D eigenvalue weighted by atomic mass is 127. The minimum absolute atomic E-state index is 0.377. The van der Waals surface area contributed by atoms with E-state index in [9.17, 15) is 9.59 Å². The second-order valence-corrected chi connectivity index (χ2v) is 6.03. The van der Waals surface area contributed by atoms with Gasteiger partial charge in [-0.3, -0.25) is 20.4 Å². The number of hydrazine groups is 1. The summed E-state index contributed by atoms with van der Waals surface area (Å²) >= 11 is 2.06. The van der Waals surface area contributed by atoms with Crippen molar-refractivity contribution in [3.8, 4) is 11.5 Å². The monoisotopic (exact) mass is 452 g/mol. The topological polar surface area (TPSA) is 76.7 Å². The van der Waals surface area contributed by atoms with Crippen LogP contribution in [0, 0.1) is 3.57 Å². The first kappa shape index (κ1) is 18.8. The van der Waals surface area contributed by atoms with Crippen molar-refractivity contribution in [2.45, 2.75) is 0 Å². The average molecular weight is 452 g/mol. The third-order valence-corrected chi connectivity index (χ3v) is 4.19. The first-order valence-electron chi connectivity index (χ1n) is 7.30. The highest BCUT2D eigenvalue weighted by Gasteiger charge is 2.09. The van der Waals surface area contributed by atoms with E-state index in [1.165, 1.54) is 6.08 Å². The lowest BCUT2D eigenvalue weighted by Gasteiger charge is -2.08. The molecule has 2 N–H and O–H groups in total. The van der Waals surface area contributed by atoms with Crippen molar-refractivity contribution < 1.29 is 19.1 Å². The van der Waals surface area contributed by atoms with Gasteiger partial charge in [0.05, 0.1) is 19.8 Å². The van der Waals surface area contributed by atoms with Crippen molar-refractivity contribution in [2.24, 2.45) is 0 Å². The van der Waals surface area contributed by atoms with Gasteiger partial charge in [0.25, 0.3) is 11.8 Å². The summed E-state index contributed by atoms with van der Waals surface area (Å²) in [5, 5.41) is 0. The maximum absolute atomic E-state index is 12.0. The summed E-state index contributed by atoms with van der Waals surface area (Å²) in [7, 11) is 3.09. The van der Waals surface area contributed by atoms with E-state index in [-0.39, 0.29) is 5.91 Å². The second kappa shape index (κ2) is 9.07. The van der Waals surface area contributed by atoms with Gasteiger partial charge >= 0.3 is 0 Å². The fourth-order valence-electron chi connectivity index (χ4n) is 2.00. The minimum atomic E-state index is -0.450. The molecule has 2 rings (SSSR count). The van der Waals surface area contributed by atoms with Crippen LogP contribution >= 0.6 is 22.6 Å². The number of benzene rings is 2. The summed E-state index contributed by atoms with van der Waals surface area (Å²) < 4.78 is 11.2. The molecule has 7 heteroatoms. The molecule has 0 bridgehead atoms. The van der Waals surface area contributed by atoms with Gasteiger partial charge in [-0.05, 0) is 58.5 Å². The number of rotatable bonds is 5. The van der Waals surface area contributed by atoms with Gasteiger partial charge < -0.3 is 9.47 Å². The zero-order chi connectivity index (χ0) is 18.2. The van der Waals surface area contributed by atoms with Gasteiger partial charge in [0.2, 0.25) is 0 Å². The Hall–Kier alpha value is -2.55. The molecule has 0 spiro atoms. The summed E-state index contributed by atoms with van der Waals surface area (Å²) in [4.78, 5) is 23.9. The first-order valence-corrected chi connectivity index (χ1v) is 8.38. The quantitative estimate of drug-likeness (QED) is 0.416. The third kappa shape index (κ3) is 5.21. The second-order valence-electron chi connectivity index (χ2n) is 4.87. The molecule has 2 aromatic rings. The Labute approximate surface area is 159 Å². The number of halogens is 1. The van der Waals surface area contributed by atoms with Gasteiger partial charge in [-0.1, -0.05) is 18.2 Å². The maximum atomic E-state index is 12.0. The van der Waals surface area contributed by atoms with Crippen LogP contribution in [-0.2, 0) is 4.79 Å². The fraction of sp³-hybridized carbons (Fsp3) is 0.111. The van der Waals surface area contributed by atoms with Crippen LogP contribution in [0.1, 0.15) is 15.9 Å². The third-order valence-electron chi connectivity index (χ3n) is 3.25. The SMILES string of the molecule is COc1ccc(/C=C/C(=O)NNC(=O)c2ccccc2I)cc1OC. The van der Waals surface area contributed by atoms with Gasteiger partial charge in [-0.15, -0.1) is 0 Å². The number of hydrogen-bond acceptors (Lipinski definition) is 4. The van der Waals surface area contributed by atoms with Crippen molar-refractivity contribution >= 4 is 40.5 Å². The summed E-state index contributed by atoms with van der Waals surface area (Å²) in [6, 6.07) is 12.4. The van der Waals surface area contributed by atoms with Crippen LogP contribution in [0.15, 0.2) is 48.5 Å². The molecule has 0 radical (unpaired) electrons. The van der Waals surface area contributed by atoms with Crippen LogP contribution in [0.25, 0.3) is 6.08 Å². The van der Waals surface area contributed by atoms with E-state index in [2.05, 4.69) is 33.4 Å². The van der Waals surface area contributed by atoms with Crippen molar-refractivity contribution in [1.29, 1.82) is 0 Å². The standard InChI is InChI=1S/C18H17IN2O4/c1-24-15-9-7-12(11-16(15)25-2)8-10-17(22)20-21-18(23)13-5-3-4-6-14(13)19/h3-11H,1-2H3,(H,20,22)(H,21,23)/b10-8+. The predicted octanol–water partition coefficient (Wildman–Crippen LogP) is 2.78. The van der Waals surface area contributed by atoms with E-state index < -0.39 is 5.91 Å². The zero-order valence-electron chi connectivity index (χ0n) is 13.7. The van der Waals surface area contributed by atoms with Crippen LogP contribution in [0.2, 0.25) is 0 Å². The number of hydrogen-bond donors (Lipinski definition) is 2. The van der Waals surface area contributed by atoms with Crippen molar-refractivity contribution in [1.82, 2.24) is 10.9 Å². The lowest BCUT2D eigenvalue weighted by atomic mass is 10.2. The van der Waals surface area contributed by atoms with E-state index in [0.717, 1.165) is 9.13 Å². The lowest BCUT2D eigenvalue weighted by molar-refractivity contribution is -0.117. The lowest BCUT2D eigenvalue weighted by Crippen LogP contribution is -2.41. The van der Waals surface area contributed by atoms with Gasteiger partial charge in [-0.25, -0.2) is 0 Å². The Morgan fingerprint density at radius 1 is 1.00 bits per heavy atom. The van der Waals surface area contributed by atoms with Gasteiger partial charge in [0.15, 0.2) is 11.5 Å². The summed E-state index contributed by atoms with van der Waals surface area (Å²) in [5.74, 6) is 0.345. The Morgan fingerprint density at radius 3 is 2.40 bits per heavy atom. The van der Waals surface area contributed by atoms with Crippen molar-refractivity contribution in [3.05, 3.63) is 63.2 Å². The molecule has 2 aromatic carbocycles. The van der Waals surface area contributed by atoms with Crippen molar-refractivity contribution in [3.63, 3.8) is 0 Å². The Balaban J connectivity index is 1.95. The number of ether oxygens (including phenoxy) is 2. The van der Waals surface area contributed by atoms with Crippen molar-refractivity contribution in [2.75, 3.05) is 14.2 Å². The normalized spacial score (nSPS) is 10.4. The number of carbonyl (C=O) groups is 2. The van der Waals surface area contributed by atoms with E-state index in [4.69, 9.17) is 9.47 Å². The predicted molar refractivity (Wildman–Crippen MR) is 103 cm³/mol. The zero-order valence-corrected chi connectivity index (χ0v) is 15.9. The van der Waals surface area contributed by atoms with E-state index in [1.807, 2.05) is 12.1 Å². The van der Waals surface area contributed by atoms with Gasteiger partial charge in [0, 0.05) is 9.65 Å². The molecule has 0 aliphatic rings. The van der Waals surface area contributed by atoms with Crippen LogP contribution < -0.4 is 20.3 Å². The smallest absolute Gasteiger partial charge is 0.270 e. The molecule has 0 unspecified atom stereocenters. The highest BCUT2D eigenvalue weighted by molar-refractivity contribution is 14.1. The fourth-order valence-corrected chi connectivity index (χ4v) is 2.63. The molecule has 6 nitrogen and oxygen atoms in total. The summed E-state index contributed by atoms with van der Waals surface area (Å²) in [5.41, 5.74) is 5.98. The van der Waals surface area contributed by atoms with Crippen LogP contribution in [0.5, 0.6) is 11.5 Å². The average Bonchev–Trinajstić information content (AvgIpc) is 2.64. The summed E-state index contributed by atoms with van der Waals surface area (Å²) in [6.45, 7) is 0. The molecule has 0 saturated heterocycles. The van der Waals surface area contributed by atoms with E-state index in [0.29, 0.717) is 17.1 Å². The Morgan fingerprint density at radius 2 is 1.72 bits per heavy atom. The number of amides is 2. The first-order chi connectivity index (χ1) is 12.0. The molecule has 0 aromatic heterocycles. The molecule has 0 aliphatic heterocycles. The van der Waals surface area contributed by atoms with Gasteiger partial charge in [-0.2, -0.15) is 0 Å².